The zero-order chi connectivity index (χ0) is 9.40. The molecule has 3 nitrogen and oxygen atoms in total. The Morgan fingerprint density at radius 1 is 1.67 bits per heavy atom. The highest BCUT2D eigenvalue weighted by atomic mass is 32.2. The molecule has 1 amide bonds. The molecule has 72 valence electrons. The summed E-state index contributed by atoms with van der Waals surface area (Å²) < 4.78 is 0. The van der Waals surface area contributed by atoms with E-state index in [1.54, 1.807) is 11.8 Å². The summed E-state index contributed by atoms with van der Waals surface area (Å²) >= 11 is 1.66. The predicted octanol–water partition coefficient (Wildman–Crippen LogP) is 0.484. The molecule has 4 heteroatoms. The topological polar surface area (TPSA) is 49.3 Å². The molecule has 0 heterocycles. The third-order valence-corrected chi connectivity index (χ3v) is 2.10. The van der Waals surface area contributed by atoms with Crippen LogP contribution < -0.4 is 5.32 Å². The Morgan fingerprint density at radius 2 is 2.33 bits per heavy atom. The van der Waals surface area contributed by atoms with E-state index in [2.05, 4.69) is 5.32 Å². The van der Waals surface area contributed by atoms with Gasteiger partial charge in [0.05, 0.1) is 0 Å². The number of hydrogen-bond donors (Lipinski definition) is 2. The van der Waals surface area contributed by atoms with Crippen molar-refractivity contribution >= 4 is 17.7 Å². The van der Waals surface area contributed by atoms with Crippen LogP contribution in [0.5, 0.6) is 0 Å². The Kier molecular flexibility index (Phi) is 7.29. The van der Waals surface area contributed by atoms with E-state index in [9.17, 15) is 4.79 Å². The monoisotopic (exact) mass is 191 g/mol. The molecule has 0 bridgehead atoms. The van der Waals surface area contributed by atoms with Gasteiger partial charge in [-0.2, -0.15) is 11.8 Å². The van der Waals surface area contributed by atoms with Gasteiger partial charge in [-0.25, -0.2) is 0 Å². The van der Waals surface area contributed by atoms with E-state index in [4.69, 9.17) is 5.11 Å². The molecule has 0 aromatic heterocycles. The lowest BCUT2D eigenvalue weighted by Gasteiger charge is -2.08. The molecular formula is C8H17NO2S. The Bertz CT molecular complexity index is 130. The van der Waals surface area contributed by atoms with Crippen molar-refractivity contribution in [2.24, 2.45) is 5.92 Å². The minimum absolute atomic E-state index is 0.0737. The van der Waals surface area contributed by atoms with E-state index in [0.717, 1.165) is 5.75 Å². The lowest BCUT2D eigenvalue weighted by Crippen LogP contribution is -2.29. The molecule has 0 spiro atoms. The SMILES string of the molecule is CSCCC(=O)NCC(C)CO. The van der Waals surface area contributed by atoms with Crippen molar-refractivity contribution in [2.45, 2.75) is 13.3 Å². The highest BCUT2D eigenvalue weighted by Crippen LogP contribution is 1.95. The number of carbonyl (C=O) groups is 1. The number of amides is 1. The van der Waals surface area contributed by atoms with E-state index >= 15 is 0 Å². The number of aliphatic hydroxyl groups excluding tert-OH is 1. The zero-order valence-corrected chi connectivity index (χ0v) is 8.49. The minimum Gasteiger partial charge on any atom is -0.396 e. The maximum atomic E-state index is 11.0. The summed E-state index contributed by atoms with van der Waals surface area (Å²) in [5.41, 5.74) is 0. The van der Waals surface area contributed by atoms with E-state index < -0.39 is 0 Å². The summed E-state index contributed by atoms with van der Waals surface area (Å²) in [6, 6.07) is 0. The average molecular weight is 191 g/mol. The van der Waals surface area contributed by atoms with Gasteiger partial charge in [-0.15, -0.1) is 0 Å². The Balaban J connectivity index is 3.31. The highest BCUT2D eigenvalue weighted by molar-refractivity contribution is 7.98. The van der Waals surface area contributed by atoms with Gasteiger partial charge in [-0.3, -0.25) is 4.79 Å². The summed E-state index contributed by atoms with van der Waals surface area (Å²) in [5, 5.41) is 11.4. The maximum Gasteiger partial charge on any atom is 0.220 e. The van der Waals surface area contributed by atoms with Crippen LogP contribution >= 0.6 is 11.8 Å². The second-order valence-electron chi connectivity index (χ2n) is 2.83. The fraction of sp³-hybridized carbons (Fsp3) is 0.875. The molecule has 0 radical (unpaired) electrons. The van der Waals surface area contributed by atoms with Crippen LogP contribution in [0.3, 0.4) is 0 Å². The molecule has 0 aliphatic rings. The van der Waals surface area contributed by atoms with Crippen molar-refractivity contribution in [3.05, 3.63) is 0 Å². The van der Waals surface area contributed by atoms with Gasteiger partial charge in [0, 0.05) is 25.3 Å². The van der Waals surface area contributed by atoms with Gasteiger partial charge >= 0.3 is 0 Å². The first-order valence-corrected chi connectivity index (χ1v) is 5.46. The van der Waals surface area contributed by atoms with Gasteiger partial charge in [0.2, 0.25) is 5.91 Å². The van der Waals surface area contributed by atoms with Gasteiger partial charge in [0.25, 0.3) is 0 Å². The smallest absolute Gasteiger partial charge is 0.220 e. The molecule has 12 heavy (non-hydrogen) atoms. The lowest BCUT2D eigenvalue weighted by molar-refractivity contribution is -0.120. The number of nitrogens with one attached hydrogen (secondary N) is 1. The highest BCUT2D eigenvalue weighted by Gasteiger charge is 2.03. The van der Waals surface area contributed by atoms with Crippen molar-refractivity contribution in [2.75, 3.05) is 25.2 Å². The van der Waals surface area contributed by atoms with Crippen LogP contribution in [0.15, 0.2) is 0 Å². The standard InChI is InChI=1S/C8H17NO2S/c1-7(6-10)5-9-8(11)3-4-12-2/h7,10H,3-6H2,1-2H3,(H,9,11). The summed E-state index contributed by atoms with van der Waals surface area (Å²) in [6.45, 7) is 2.60. The quantitative estimate of drug-likeness (QED) is 0.642. The molecule has 0 saturated heterocycles. The third kappa shape index (κ3) is 6.49. The number of hydrogen-bond acceptors (Lipinski definition) is 3. The summed E-state index contributed by atoms with van der Waals surface area (Å²) in [6.07, 6.45) is 2.54. The zero-order valence-electron chi connectivity index (χ0n) is 7.67. The van der Waals surface area contributed by atoms with Crippen LogP contribution in [0.1, 0.15) is 13.3 Å². The van der Waals surface area contributed by atoms with Crippen molar-refractivity contribution < 1.29 is 9.90 Å². The predicted molar refractivity (Wildman–Crippen MR) is 52.3 cm³/mol. The van der Waals surface area contributed by atoms with Crippen LogP contribution in [0.4, 0.5) is 0 Å². The Morgan fingerprint density at radius 3 is 2.83 bits per heavy atom. The molecule has 0 aromatic rings. The molecule has 1 unspecified atom stereocenters. The normalized spacial score (nSPS) is 12.6. The van der Waals surface area contributed by atoms with Gasteiger partial charge < -0.3 is 10.4 Å². The maximum absolute atomic E-state index is 11.0. The van der Waals surface area contributed by atoms with Gasteiger partial charge in [-0.1, -0.05) is 6.92 Å². The van der Waals surface area contributed by atoms with Gasteiger partial charge in [0.15, 0.2) is 0 Å². The molecule has 0 aliphatic carbocycles. The average Bonchev–Trinajstić information content (AvgIpc) is 2.10. The third-order valence-electron chi connectivity index (χ3n) is 1.49. The Hall–Kier alpha value is -0.220. The van der Waals surface area contributed by atoms with E-state index in [-0.39, 0.29) is 18.4 Å². The molecule has 0 saturated carbocycles. The first kappa shape index (κ1) is 11.8. The fourth-order valence-corrected chi connectivity index (χ4v) is 1.03. The molecular weight excluding hydrogens is 174 g/mol. The number of carbonyl (C=O) groups excluding carboxylic acids is 1. The van der Waals surface area contributed by atoms with E-state index in [1.165, 1.54) is 0 Å². The largest absolute Gasteiger partial charge is 0.396 e. The van der Waals surface area contributed by atoms with Crippen LogP contribution in [-0.2, 0) is 4.79 Å². The van der Waals surface area contributed by atoms with Crippen molar-refractivity contribution in [1.82, 2.24) is 5.32 Å². The molecule has 0 aliphatic heterocycles. The van der Waals surface area contributed by atoms with Crippen molar-refractivity contribution in [3.63, 3.8) is 0 Å². The summed E-state index contributed by atoms with van der Waals surface area (Å²) in [4.78, 5) is 11.0. The Labute approximate surface area is 77.9 Å². The lowest BCUT2D eigenvalue weighted by atomic mass is 10.2. The summed E-state index contributed by atoms with van der Waals surface area (Å²) in [5.74, 6) is 1.09. The molecule has 0 fully saturated rings. The van der Waals surface area contributed by atoms with Gasteiger partial charge in [-0.05, 0) is 12.2 Å². The van der Waals surface area contributed by atoms with Crippen LogP contribution in [0, 0.1) is 5.92 Å². The first-order valence-electron chi connectivity index (χ1n) is 4.07. The van der Waals surface area contributed by atoms with Gasteiger partial charge in [0.1, 0.15) is 0 Å². The molecule has 0 aromatic carbocycles. The number of rotatable bonds is 6. The van der Waals surface area contributed by atoms with E-state index in [1.807, 2.05) is 13.2 Å². The second kappa shape index (κ2) is 7.43. The van der Waals surface area contributed by atoms with Crippen LogP contribution in [0.2, 0.25) is 0 Å². The summed E-state index contributed by atoms with van der Waals surface area (Å²) in [7, 11) is 0. The van der Waals surface area contributed by atoms with Crippen molar-refractivity contribution in [3.8, 4) is 0 Å². The minimum atomic E-state index is 0.0737. The molecule has 0 rings (SSSR count). The number of aliphatic hydroxyl groups is 1. The van der Waals surface area contributed by atoms with Crippen molar-refractivity contribution in [1.29, 1.82) is 0 Å². The molecule has 1 atom stereocenters. The second-order valence-corrected chi connectivity index (χ2v) is 3.82. The van der Waals surface area contributed by atoms with Crippen LogP contribution in [-0.4, -0.2) is 36.2 Å². The van der Waals surface area contributed by atoms with E-state index in [0.29, 0.717) is 13.0 Å². The first-order chi connectivity index (χ1) is 5.70. The van der Waals surface area contributed by atoms with Crippen LogP contribution in [0.25, 0.3) is 0 Å². The fourth-order valence-electron chi connectivity index (χ4n) is 0.636. The molecule has 2 N–H and O–H groups in total. The number of thioether (sulfide) groups is 1.